The maximum atomic E-state index is 12.6. The van der Waals surface area contributed by atoms with E-state index in [4.69, 9.17) is 14.0 Å². The number of nitrogens with zero attached hydrogens (tertiary/aromatic N) is 3. The molecule has 1 unspecified atom stereocenters. The Bertz CT molecular complexity index is 707. The van der Waals surface area contributed by atoms with Gasteiger partial charge in [-0.2, -0.15) is 4.98 Å². The fourth-order valence-corrected chi connectivity index (χ4v) is 3.10. The van der Waals surface area contributed by atoms with E-state index < -0.39 is 0 Å². The highest BCUT2D eigenvalue weighted by Crippen LogP contribution is 2.30. The highest BCUT2D eigenvalue weighted by Gasteiger charge is 2.33. The van der Waals surface area contributed by atoms with Crippen LogP contribution in [0.1, 0.15) is 36.2 Å². The van der Waals surface area contributed by atoms with Crippen molar-refractivity contribution in [2.24, 2.45) is 0 Å². The van der Waals surface area contributed by atoms with Crippen LogP contribution in [-0.4, -0.2) is 54.5 Å². The number of aromatic nitrogens is 2. The highest BCUT2D eigenvalue weighted by molar-refractivity contribution is 5.75. The second kappa shape index (κ2) is 10.0. The zero-order chi connectivity index (χ0) is 18.9. The first-order valence-corrected chi connectivity index (χ1v) is 9.25. The van der Waals surface area contributed by atoms with Gasteiger partial charge in [0.05, 0.1) is 19.3 Å². The average Bonchev–Trinajstić information content (AvgIpc) is 3.35. The van der Waals surface area contributed by atoms with Crippen LogP contribution in [0.15, 0.2) is 34.9 Å². The van der Waals surface area contributed by atoms with E-state index in [1.165, 1.54) is 5.56 Å². The molecular formula is C19H26N4O4. The fraction of sp³-hybridized carbons (Fsp3) is 0.526. The minimum absolute atomic E-state index is 0.0869. The monoisotopic (exact) mass is 374 g/mol. The quantitative estimate of drug-likeness (QED) is 0.678. The second-order valence-electron chi connectivity index (χ2n) is 6.41. The van der Waals surface area contributed by atoms with E-state index in [1.807, 2.05) is 18.2 Å². The molecular weight excluding hydrogens is 348 g/mol. The Labute approximate surface area is 158 Å². The molecule has 146 valence electrons. The van der Waals surface area contributed by atoms with Crippen LogP contribution in [0.25, 0.3) is 0 Å². The summed E-state index contributed by atoms with van der Waals surface area (Å²) < 4.78 is 15.6. The standard InChI is InChI=1S/C19H26N4O4/c1-25-12-13-26-14-17-21-18(22-27-17)16-8-5-11-23(16)19(24)20-10-9-15-6-3-2-4-7-15/h2-4,6-7,16H,5,8-14H2,1H3,(H,20,24). The average molecular weight is 374 g/mol. The summed E-state index contributed by atoms with van der Waals surface area (Å²) in [4.78, 5) is 18.7. The van der Waals surface area contributed by atoms with Gasteiger partial charge in [-0.1, -0.05) is 35.5 Å². The second-order valence-corrected chi connectivity index (χ2v) is 6.41. The van der Waals surface area contributed by atoms with Crippen molar-refractivity contribution in [3.63, 3.8) is 0 Å². The number of urea groups is 1. The summed E-state index contributed by atoms with van der Waals surface area (Å²) in [5.41, 5.74) is 1.20. The molecule has 2 amide bonds. The zero-order valence-corrected chi connectivity index (χ0v) is 15.6. The topological polar surface area (TPSA) is 89.7 Å². The molecule has 1 saturated heterocycles. The molecule has 1 aromatic heterocycles. The van der Waals surface area contributed by atoms with E-state index in [0.29, 0.717) is 38.0 Å². The Morgan fingerprint density at radius 1 is 1.33 bits per heavy atom. The maximum absolute atomic E-state index is 12.6. The zero-order valence-electron chi connectivity index (χ0n) is 15.6. The van der Waals surface area contributed by atoms with E-state index >= 15 is 0 Å². The molecule has 1 aromatic carbocycles. The minimum Gasteiger partial charge on any atom is -0.382 e. The van der Waals surface area contributed by atoms with Crippen LogP contribution in [0, 0.1) is 0 Å². The van der Waals surface area contributed by atoms with Gasteiger partial charge in [0.25, 0.3) is 5.89 Å². The molecule has 0 saturated carbocycles. The van der Waals surface area contributed by atoms with E-state index in [1.54, 1.807) is 12.0 Å². The Hall–Kier alpha value is -2.45. The molecule has 1 aliphatic heterocycles. The summed E-state index contributed by atoms with van der Waals surface area (Å²) >= 11 is 0. The number of nitrogens with one attached hydrogen (secondary N) is 1. The van der Waals surface area contributed by atoms with Gasteiger partial charge in [0, 0.05) is 20.2 Å². The number of amides is 2. The lowest BCUT2D eigenvalue weighted by molar-refractivity contribution is 0.0494. The number of ether oxygens (including phenoxy) is 2. The van der Waals surface area contributed by atoms with Gasteiger partial charge in [0.2, 0.25) is 0 Å². The normalized spacial score (nSPS) is 16.6. The Morgan fingerprint density at radius 2 is 2.19 bits per heavy atom. The molecule has 0 bridgehead atoms. The number of hydrogen-bond donors (Lipinski definition) is 1. The Kier molecular flexibility index (Phi) is 7.18. The summed E-state index contributed by atoms with van der Waals surface area (Å²) in [5, 5.41) is 7.03. The van der Waals surface area contributed by atoms with Crippen LogP contribution in [0.4, 0.5) is 4.79 Å². The molecule has 1 N–H and O–H groups in total. The summed E-state index contributed by atoms with van der Waals surface area (Å²) in [6.45, 7) is 2.51. The highest BCUT2D eigenvalue weighted by atomic mass is 16.5. The van der Waals surface area contributed by atoms with E-state index in [9.17, 15) is 4.79 Å². The van der Waals surface area contributed by atoms with Crippen LogP contribution in [0.3, 0.4) is 0 Å². The lowest BCUT2D eigenvalue weighted by atomic mass is 10.1. The summed E-state index contributed by atoms with van der Waals surface area (Å²) in [6, 6.07) is 9.86. The Morgan fingerprint density at radius 3 is 3.00 bits per heavy atom. The molecule has 0 spiro atoms. The number of carbonyl (C=O) groups is 1. The van der Waals surface area contributed by atoms with Gasteiger partial charge in [0.15, 0.2) is 5.82 Å². The fourth-order valence-electron chi connectivity index (χ4n) is 3.10. The van der Waals surface area contributed by atoms with E-state index in [0.717, 1.165) is 19.3 Å². The van der Waals surface area contributed by atoms with Gasteiger partial charge in [-0.3, -0.25) is 0 Å². The first kappa shape index (κ1) is 19.3. The number of rotatable bonds is 9. The van der Waals surface area contributed by atoms with Gasteiger partial charge in [0.1, 0.15) is 6.61 Å². The van der Waals surface area contributed by atoms with Gasteiger partial charge in [-0.15, -0.1) is 0 Å². The Balaban J connectivity index is 1.49. The largest absolute Gasteiger partial charge is 0.382 e. The van der Waals surface area contributed by atoms with Crippen molar-refractivity contribution in [3.8, 4) is 0 Å². The first-order chi connectivity index (χ1) is 13.3. The van der Waals surface area contributed by atoms with Crippen molar-refractivity contribution in [2.75, 3.05) is 33.4 Å². The van der Waals surface area contributed by atoms with Crippen molar-refractivity contribution in [3.05, 3.63) is 47.6 Å². The number of likely N-dealkylation sites (tertiary alicyclic amines) is 1. The summed E-state index contributed by atoms with van der Waals surface area (Å²) in [5.74, 6) is 0.952. The van der Waals surface area contributed by atoms with Gasteiger partial charge in [-0.05, 0) is 24.8 Å². The van der Waals surface area contributed by atoms with Crippen molar-refractivity contribution in [1.29, 1.82) is 0 Å². The van der Waals surface area contributed by atoms with Gasteiger partial charge >= 0.3 is 6.03 Å². The van der Waals surface area contributed by atoms with Gasteiger partial charge in [-0.25, -0.2) is 4.79 Å². The summed E-state index contributed by atoms with van der Waals surface area (Å²) in [7, 11) is 1.62. The molecule has 3 rings (SSSR count). The molecule has 8 heteroatoms. The minimum atomic E-state index is -0.154. The smallest absolute Gasteiger partial charge is 0.318 e. The van der Waals surface area contributed by atoms with Crippen molar-refractivity contribution in [2.45, 2.75) is 31.9 Å². The molecule has 1 atom stereocenters. The predicted molar refractivity (Wildman–Crippen MR) is 98.1 cm³/mol. The van der Waals surface area contributed by atoms with Crippen LogP contribution >= 0.6 is 0 Å². The number of benzene rings is 1. The van der Waals surface area contributed by atoms with Crippen LogP contribution in [0.5, 0.6) is 0 Å². The number of carbonyl (C=O) groups excluding carboxylic acids is 1. The molecule has 0 aliphatic carbocycles. The van der Waals surface area contributed by atoms with Crippen LogP contribution < -0.4 is 5.32 Å². The molecule has 0 radical (unpaired) electrons. The lowest BCUT2D eigenvalue weighted by Gasteiger charge is -2.22. The molecule has 1 aliphatic rings. The molecule has 8 nitrogen and oxygen atoms in total. The first-order valence-electron chi connectivity index (χ1n) is 9.25. The van der Waals surface area contributed by atoms with Crippen molar-refractivity contribution in [1.82, 2.24) is 20.4 Å². The predicted octanol–water partition coefficient (Wildman–Crippen LogP) is 2.32. The van der Waals surface area contributed by atoms with E-state index in [-0.39, 0.29) is 18.7 Å². The molecule has 2 aromatic rings. The third-order valence-electron chi connectivity index (χ3n) is 4.49. The maximum Gasteiger partial charge on any atom is 0.318 e. The van der Waals surface area contributed by atoms with Crippen LogP contribution in [-0.2, 0) is 22.5 Å². The number of hydrogen-bond acceptors (Lipinski definition) is 6. The molecule has 27 heavy (non-hydrogen) atoms. The van der Waals surface area contributed by atoms with Crippen molar-refractivity contribution >= 4 is 6.03 Å². The SMILES string of the molecule is COCCOCc1nc(C2CCCN2C(=O)NCCc2ccccc2)no1. The lowest BCUT2D eigenvalue weighted by Crippen LogP contribution is -2.40. The van der Waals surface area contributed by atoms with Crippen LogP contribution in [0.2, 0.25) is 0 Å². The molecule has 1 fully saturated rings. The number of methoxy groups -OCH3 is 1. The third kappa shape index (κ3) is 5.51. The van der Waals surface area contributed by atoms with E-state index in [2.05, 4.69) is 27.6 Å². The van der Waals surface area contributed by atoms with Crippen molar-refractivity contribution < 1.29 is 18.8 Å². The molecule has 2 heterocycles. The van der Waals surface area contributed by atoms with Gasteiger partial charge < -0.3 is 24.2 Å². The summed E-state index contributed by atoms with van der Waals surface area (Å²) in [6.07, 6.45) is 2.55. The third-order valence-corrected chi connectivity index (χ3v) is 4.49.